The SMILES string of the molecule is CSc1cn([C@@H]2O[C@H](CO)[C@@H](O)[C@H]2O)c(=O)[nH]c1=S. The molecule has 1 fully saturated rings. The molecule has 1 saturated heterocycles. The Labute approximate surface area is 117 Å². The zero-order valence-electron chi connectivity index (χ0n) is 10.0. The summed E-state index contributed by atoms with van der Waals surface area (Å²) in [5, 5.41) is 28.6. The van der Waals surface area contributed by atoms with Crippen molar-refractivity contribution in [3.05, 3.63) is 21.3 Å². The summed E-state index contributed by atoms with van der Waals surface area (Å²) >= 11 is 6.33. The van der Waals surface area contributed by atoms with Crippen molar-refractivity contribution in [1.82, 2.24) is 9.55 Å². The van der Waals surface area contributed by atoms with Crippen LogP contribution in [0.4, 0.5) is 0 Å². The Morgan fingerprint density at radius 2 is 2.21 bits per heavy atom. The Morgan fingerprint density at radius 3 is 2.74 bits per heavy atom. The molecule has 0 unspecified atom stereocenters. The highest BCUT2D eigenvalue weighted by Gasteiger charge is 2.43. The van der Waals surface area contributed by atoms with Crippen molar-refractivity contribution in [3.63, 3.8) is 0 Å². The van der Waals surface area contributed by atoms with Crippen LogP contribution in [0.1, 0.15) is 6.23 Å². The van der Waals surface area contributed by atoms with Gasteiger partial charge in [-0.2, -0.15) is 0 Å². The summed E-state index contributed by atoms with van der Waals surface area (Å²) in [5.74, 6) is 0. The average Bonchev–Trinajstić information content (AvgIpc) is 2.67. The third-order valence-electron chi connectivity index (χ3n) is 2.95. The van der Waals surface area contributed by atoms with E-state index in [0.717, 1.165) is 4.57 Å². The molecule has 1 aromatic heterocycles. The highest BCUT2D eigenvalue weighted by atomic mass is 32.2. The zero-order valence-corrected chi connectivity index (χ0v) is 11.6. The molecule has 2 rings (SSSR count). The highest BCUT2D eigenvalue weighted by Crippen LogP contribution is 2.28. The van der Waals surface area contributed by atoms with E-state index < -0.39 is 36.8 Å². The maximum absolute atomic E-state index is 11.8. The minimum Gasteiger partial charge on any atom is -0.394 e. The molecule has 1 aromatic rings. The Bertz CT molecular complexity index is 572. The molecule has 0 bridgehead atoms. The topological polar surface area (TPSA) is 108 Å². The number of aliphatic hydroxyl groups is 3. The number of thioether (sulfide) groups is 1. The van der Waals surface area contributed by atoms with E-state index >= 15 is 0 Å². The average molecular weight is 306 g/mol. The van der Waals surface area contributed by atoms with Gasteiger partial charge in [-0.05, 0) is 6.26 Å². The van der Waals surface area contributed by atoms with Crippen molar-refractivity contribution >= 4 is 24.0 Å². The van der Waals surface area contributed by atoms with Crippen LogP contribution in [0.3, 0.4) is 0 Å². The summed E-state index contributed by atoms with van der Waals surface area (Å²) in [6.45, 7) is -0.443. The first-order chi connectivity index (χ1) is 8.99. The fourth-order valence-electron chi connectivity index (χ4n) is 1.91. The first-order valence-corrected chi connectivity index (χ1v) is 7.14. The van der Waals surface area contributed by atoms with Gasteiger partial charge in [-0.15, -0.1) is 11.8 Å². The lowest BCUT2D eigenvalue weighted by molar-refractivity contribution is -0.0553. The summed E-state index contributed by atoms with van der Waals surface area (Å²) in [6, 6.07) is 0. The molecule has 1 aliphatic rings. The van der Waals surface area contributed by atoms with Gasteiger partial charge in [0.1, 0.15) is 23.0 Å². The standard InChI is InChI=1S/C10H14N2O5S2/c1-19-5-2-12(10(16)11-8(5)18)9-7(15)6(14)4(3-13)17-9/h2,4,6-7,9,13-15H,3H2,1H3,(H,11,16,18)/t4-,6-,7-,9-/m1/s1. The molecule has 0 radical (unpaired) electrons. The van der Waals surface area contributed by atoms with Crippen molar-refractivity contribution in [1.29, 1.82) is 0 Å². The fraction of sp³-hybridized carbons (Fsp3) is 0.600. The second-order valence-corrected chi connectivity index (χ2v) is 5.35. The molecule has 1 aliphatic heterocycles. The molecule has 0 aliphatic carbocycles. The lowest BCUT2D eigenvalue weighted by Crippen LogP contribution is -2.36. The molecule has 106 valence electrons. The molecule has 4 atom stereocenters. The van der Waals surface area contributed by atoms with Crippen molar-refractivity contribution in [2.24, 2.45) is 0 Å². The summed E-state index contributed by atoms with van der Waals surface area (Å²) in [4.78, 5) is 15.0. The number of ether oxygens (including phenoxy) is 1. The van der Waals surface area contributed by atoms with Crippen molar-refractivity contribution < 1.29 is 20.1 Å². The number of aromatic nitrogens is 2. The molecule has 4 N–H and O–H groups in total. The highest BCUT2D eigenvalue weighted by molar-refractivity contribution is 7.98. The minimum atomic E-state index is -1.30. The number of aromatic amines is 1. The summed E-state index contributed by atoms with van der Waals surface area (Å²) in [5.41, 5.74) is -0.544. The summed E-state index contributed by atoms with van der Waals surface area (Å²) in [7, 11) is 0. The number of aliphatic hydroxyl groups excluding tert-OH is 3. The number of rotatable bonds is 3. The Kier molecular flexibility index (Phi) is 4.43. The van der Waals surface area contributed by atoms with Crippen molar-refractivity contribution in [3.8, 4) is 0 Å². The van der Waals surface area contributed by atoms with Crippen LogP contribution in [-0.2, 0) is 4.74 Å². The van der Waals surface area contributed by atoms with Crippen molar-refractivity contribution in [2.75, 3.05) is 12.9 Å². The van der Waals surface area contributed by atoms with Gasteiger partial charge in [0.25, 0.3) is 0 Å². The zero-order chi connectivity index (χ0) is 14.2. The Morgan fingerprint density at radius 1 is 1.53 bits per heavy atom. The summed E-state index contributed by atoms with van der Waals surface area (Å²) in [6.07, 6.45) is -1.26. The van der Waals surface area contributed by atoms with E-state index in [1.165, 1.54) is 18.0 Å². The largest absolute Gasteiger partial charge is 0.394 e. The third-order valence-corrected chi connectivity index (χ3v) is 4.15. The van der Waals surface area contributed by atoms with Crippen LogP contribution in [0, 0.1) is 4.64 Å². The molecule has 19 heavy (non-hydrogen) atoms. The molecule has 0 saturated carbocycles. The van der Waals surface area contributed by atoms with Gasteiger partial charge in [-0.25, -0.2) is 4.79 Å². The van der Waals surface area contributed by atoms with Crippen LogP contribution in [0.5, 0.6) is 0 Å². The van der Waals surface area contributed by atoms with Gasteiger partial charge in [0.05, 0.1) is 11.5 Å². The van der Waals surface area contributed by atoms with E-state index in [1.807, 2.05) is 0 Å². The Hall–Kier alpha value is -0.710. The molecule has 0 aromatic carbocycles. The number of H-pyrrole nitrogens is 1. The minimum absolute atomic E-state index is 0.306. The van der Waals surface area contributed by atoms with Crippen LogP contribution in [0.2, 0.25) is 0 Å². The van der Waals surface area contributed by atoms with Crippen LogP contribution in [-0.4, -0.2) is 56.0 Å². The van der Waals surface area contributed by atoms with E-state index in [9.17, 15) is 15.0 Å². The van der Waals surface area contributed by atoms with Gasteiger partial charge >= 0.3 is 5.69 Å². The first kappa shape index (κ1) is 14.7. The predicted octanol–water partition coefficient (Wildman–Crippen LogP) is -0.761. The van der Waals surface area contributed by atoms with Crippen LogP contribution in [0.25, 0.3) is 0 Å². The number of nitrogens with zero attached hydrogens (tertiary/aromatic N) is 1. The molecule has 0 amide bonds. The van der Waals surface area contributed by atoms with Crippen LogP contribution < -0.4 is 5.69 Å². The number of hydrogen-bond acceptors (Lipinski definition) is 7. The van der Waals surface area contributed by atoms with Gasteiger partial charge in [-0.3, -0.25) is 9.55 Å². The monoisotopic (exact) mass is 306 g/mol. The van der Waals surface area contributed by atoms with Crippen molar-refractivity contribution in [2.45, 2.75) is 29.4 Å². The molecule has 9 heteroatoms. The lowest BCUT2D eigenvalue weighted by Gasteiger charge is -2.17. The maximum Gasteiger partial charge on any atom is 0.328 e. The van der Waals surface area contributed by atoms with Gasteiger partial charge < -0.3 is 20.1 Å². The molecular formula is C10H14N2O5S2. The van der Waals surface area contributed by atoms with Gasteiger partial charge in [0.15, 0.2) is 6.23 Å². The summed E-state index contributed by atoms with van der Waals surface area (Å²) < 4.78 is 6.73. The quantitative estimate of drug-likeness (QED) is 0.429. The van der Waals surface area contributed by atoms with Gasteiger partial charge in [0, 0.05) is 6.20 Å². The fourth-order valence-corrected chi connectivity index (χ4v) is 2.76. The van der Waals surface area contributed by atoms with Crippen LogP contribution in [0.15, 0.2) is 15.9 Å². The van der Waals surface area contributed by atoms with E-state index in [1.54, 1.807) is 6.26 Å². The lowest BCUT2D eigenvalue weighted by atomic mass is 10.1. The van der Waals surface area contributed by atoms with Gasteiger partial charge in [0.2, 0.25) is 0 Å². The Balaban J connectivity index is 2.43. The molecular weight excluding hydrogens is 292 g/mol. The van der Waals surface area contributed by atoms with Gasteiger partial charge in [-0.1, -0.05) is 12.2 Å². The second kappa shape index (κ2) is 5.73. The van der Waals surface area contributed by atoms with E-state index in [0.29, 0.717) is 9.54 Å². The molecule has 2 heterocycles. The molecule has 0 spiro atoms. The van der Waals surface area contributed by atoms with Crippen LogP contribution >= 0.6 is 24.0 Å². The number of hydrogen-bond donors (Lipinski definition) is 4. The maximum atomic E-state index is 11.8. The van der Waals surface area contributed by atoms with E-state index in [4.69, 9.17) is 22.1 Å². The predicted molar refractivity (Wildman–Crippen MR) is 70.7 cm³/mol. The van der Waals surface area contributed by atoms with E-state index in [2.05, 4.69) is 4.98 Å². The first-order valence-electron chi connectivity index (χ1n) is 5.51. The number of nitrogens with one attached hydrogen (secondary N) is 1. The normalized spacial score (nSPS) is 30.7. The second-order valence-electron chi connectivity index (χ2n) is 4.09. The smallest absolute Gasteiger partial charge is 0.328 e. The van der Waals surface area contributed by atoms with E-state index in [-0.39, 0.29) is 0 Å². The third kappa shape index (κ3) is 2.62. The molecule has 7 nitrogen and oxygen atoms in total.